The van der Waals surface area contributed by atoms with E-state index in [0.29, 0.717) is 0 Å². The summed E-state index contributed by atoms with van der Waals surface area (Å²) in [5, 5.41) is 4.36. The molecule has 0 saturated heterocycles. The zero-order valence-corrected chi connectivity index (χ0v) is 10.7. The largest absolute Gasteiger partial charge is 0.308 e. The summed E-state index contributed by atoms with van der Waals surface area (Å²) in [4.78, 5) is 2.30. The van der Waals surface area contributed by atoms with Gasteiger partial charge in [0, 0.05) is 19.2 Å². The Morgan fingerprint density at radius 1 is 1.50 bits per heavy atom. The Bertz CT molecular complexity index is 331. The molecule has 0 aliphatic carbocycles. The molecule has 0 saturated carbocycles. The van der Waals surface area contributed by atoms with E-state index in [1.54, 1.807) is 4.68 Å². The first-order valence-corrected chi connectivity index (χ1v) is 5.77. The lowest BCUT2D eigenvalue weighted by Gasteiger charge is -2.16. The third-order valence-corrected chi connectivity index (χ3v) is 2.80. The first-order chi connectivity index (χ1) is 7.60. The van der Waals surface area contributed by atoms with Crippen molar-refractivity contribution in [2.24, 2.45) is 12.9 Å². The van der Waals surface area contributed by atoms with Crippen molar-refractivity contribution in [3.8, 4) is 0 Å². The minimum Gasteiger partial charge on any atom is -0.308 e. The van der Waals surface area contributed by atoms with Gasteiger partial charge < -0.3 is 10.3 Å². The van der Waals surface area contributed by atoms with Crippen molar-refractivity contribution in [3.63, 3.8) is 0 Å². The molecule has 0 amide bonds. The van der Waals surface area contributed by atoms with E-state index in [-0.39, 0.29) is 0 Å². The molecule has 16 heavy (non-hydrogen) atoms. The highest BCUT2D eigenvalue weighted by Gasteiger charge is 2.13. The lowest BCUT2D eigenvalue weighted by Crippen LogP contribution is -2.21. The summed E-state index contributed by atoms with van der Waals surface area (Å²) in [5.74, 6) is 6.41. The number of aromatic nitrogens is 2. The van der Waals surface area contributed by atoms with Crippen LogP contribution in [0.2, 0.25) is 0 Å². The van der Waals surface area contributed by atoms with Crippen LogP contribution in [0.15, 0.2) is 0 Å². The third kappa shape index (κ3) is 2.96. The van der Waals surface area contributed by atoms with Gasteiger partial charge in [-0.25, -0.2) is 5.84 Å². The molecule has 0 fully saturated rings. The summed E-state index contributed by atoms with van der Waals surface area (Å²) in [5.41, 5.74) is 4.94. The number of nitrogens with one attached hydrogen (secondary N) is 1. The van der Waals surface area contributed by atoms with Gasteiger partial charge in [0.1, 0.15) is 5.82 Å². The van der Waals surface area contributed by atoms with Crippen LogP contribution in [0.3, 0.4) is 0 Å². The highest BCUT2D eigenvalue weighted by atomic mass is 15.4. The van der Waals surface area contributed by atoms with Gasteiger partial charge in [-0.1, -0.05) is 13.3 Å². The van der Waals surface area contributed by atoms with E-state index >= 15 is 0 Å². The van der Waals surface area contributed by atoms with Crippen LogP contribution >= 0.6 is 0 Å². The minimum atomic E-state index is 0.888. The van der Waals surface area contributed by atoms with Crippen molar-refractivity contribution in [2.75, 3.05) is 19.0 Å². The Hall–Kier alpha value is -1.07. The van der Waals surface area contributed by atoms with E-state index < -0.39 is 0 Å². The lowest BCUT2D eigenvalue weighted by atomic mass is 10.2. The summed E-state index contributed by atoms with van der Waals surface area (Å²) in [6, 6.07) is 0. The summed E-state index contributed by atoms with van der Waals surface area (Å²) < 4.78 is 1.79. The highest BCUT2D eigenvalue weighted by molar-refractivity contribution is 5.46. The maximum absolute atomic E-state index is 5.51. The lowest BCUT2D eigenvalue weighted by molar-refractivity contribution is 0.320. The van der Waals surface area contributed by atoms with E-state index in [1.165, 1.54) is 18.4 Å². The molecule has 0 aliphatic heterocycles. The van der Waals surface area contributed by atoms with Gasteiger partial charge in [0.05, 0.1) is 5.69 Å². The number of nitrogen functional groups attached to an aromatic ring is 1. The summed E-state index contributed by atoms with van der Waals surface area (Å²) in [7, 11) is 4.03. The minimum absolute atomic E-state index is 0.888. The molecule has 1 heterocycles. The van der Waals surface area contributed by atoms with Crippen molar-refractivity contribution in [3.05, 3.63) is 11.3 Å². The SMILES string of the molecule is CCCCN(C)Cc1c(C)nn(C)c1NN. The summed E-state index contributed by atoms with van der Waals surface area (Å²) in [6.45, 7) is 6.22. The number of hydrazine groups is 1. The van der Waals surface area contributed by atoms with Gasteiger partial charge in [-0.2, -0.15) is 5.10 Å². The molecule has 0 spiro atoms. The molecule has 0 aliphatic rings. The Labute approximate surface area is 97.6 Å². The fourth-order valence-corrected chi connectivity index (χ4v) is 1.85. The van der Waals surface area contributed by atoms with Crippen molar-refractivity contribution >= 4 is 5.82 Å². The number of anilines is 1. The Kier molecular flexibility index (Phi) is 4.76. The van der Waals surface area contributed by atoms with Crippen molar-refractivity contribution < 1.29 is 0 Å². The van der Waals surface area contributed by atoms with E-state index in [2.05, 4.69) is 29.4 Å². The van der Waals surface area contributed by atoms with Gasteiger partial charge in [-0.3, -0.25) is 4.68 Å². The topological polar surface area (TPSA) is 59.1 Å². The van der Waals surface area contributed by atoms with Crippen LogP contribution in [-0.2, 0) is 13.6 Å². The quantitative estimate of drug-likeness (QED) is 0.565. The average Bonchev–Trinajstić information content (AvgIpc) is 2.50. The molecule has 0 unspecified atom stereocenters. The number of rotatable bonds is 6. The van der Waals surface area contributed by atoms with Gasteiger partial charge in [0.2, 0.25) is 0 Å². The number of aryl methyl sites for hydroxylation is 2. The number of nitrogens with zero attached hydrogens (tertiary/aromatic N) is 3. The molecule has 1 rings (SSSR count). The smallest absolute Gasteiger partial charge is 0.142 e. The molecular weight excluding hydrogens is 202 g/mol. The Balaban J connectivity index is 2.72. The molecule has 1 aromatic heterocycles. The van der Waals surface area contributed by atoms with Crippen LogP contribution in [0, 0.1) is 6.92 Å². The van der Waals surface area contributed by atoms with E-state index in [4.69, 9.17) is 5.84 Å². The Morgan fingerprint density at radius 3 is 2.75 bits per heavy atom. The molecule has 5 heteroatoms. The molecule has 0 aromatic carbocycles. The highest BCUT2D eigenvalue weighted by Crippen LogP contribution is 2.19. The summed E-state index contributed by atoms with van der Waals surface area (Å²) in [6.07, 6.45) is 2.44. The maximum Gasteiger partial charge on any atom is 0.142 e. The van der Waals surface area contributed by atoms with Gasteiger partial charge in [-0.05, 0) is 26.9 Å². The Morgan fingerprint density at radius 2 is 2.19 bits per heavy atom. The van der Waals surface area contributed by atoms with Gasteiger partial charge in [0.15, 0.2) is 0 Å². The van der Waals surface area contributed by atoms with Crippen LogP contribution in [-0.4, -0.2) is 28.3 Å². The predicted molar refractivity (Wildman–Crippen MR) is 67.0 cm³/mol. The molecule has 5 nitrogen and oxygen atoms in total. The standard InChI is InChI=1S/C11H23N5/c1-5-6-7-15(3)8-10-9(2)14-16(4)11(10)13-12/h13H,5-8,12H2,1-4H3. The molecular formula is C11H23N5. The van der Waals surface area contributed by atoms with Gasteiger partial charge >= 0.3 is 0 Å². The fraction of sp³-hybridized carbons (Fsp3) is 0.727. The molecule has 92 valence electrons. The third-order valence-electron chi connectivity index (χ3n) is 2.80. The normalized spacial score (nSPS) is 11.1. The number of hydrogen-bond donors (Lipinski definition) is 2. The van der Waals surface area contributed by atoms with Crippen molar-refractivity contribution in [1.82, 2.24) is 14.7 Å². The molecule has 0 atom stereocenters. The average molecular weight is 225 g/mol. The predicted octanol–water partition coefficient (Wildman–Crippen LogP) is 1.25. The molecule has 1 aromatic rings. The second-order valence-corrected chi connectivity index (χ2v) is 4.27. The maximum atomic E-state index is 5.51. The van der Waals surface area contributed by atoms with Gasteiger partial charge in [-0.15, -0.1) is 0 Å². The first-order valence-electron chi connectivity index (χ1n) is 5.77. The monoisotopic (exact) mass is 225 g/mol. The summed E-state index contributed by atoms with van der Waals surface area (Å²) >= 11 is 0. The van der Waals surface area contributed by atoms with Crippen LogP contribution in [0.5, 0.6) is 0 Å². The zero-order valence-electron chi connectivity index (χ0n) is 10.7. The molecule has 0 bridgehead atoms. The van der Waals surface area contributed by atoms with Crippen LogP contribution in [0.4, 0.5) is 5.82 Å². The van der Waals surface area contributed by atoms with Crippen LogP contribution < -0.4 is 11.3 Å². The van der Waals surface area contributed by atoms with Crippen LogP contribution in [0.25, 0.3) is 0 Å². The van der Waals surface area contributed by atoms with Crippen molar-refractivity contribution in [1.29, 1.82) is 0 Å². The molecule has 0 radical (unpaired) electrons. The van der Waals surface area contributed by atoms with E-state index in [1.807, 2.05) is 14.0 Å². The van der Waals surface area contributed by atoms with Gasteiger partial charge in [0.25, 0.3) is 0 Å². The second kappa shape index (κ2) is 5.86. The first kappa shape index (κ1) is 13.0. The van der Waals surface area contributed by atoms with Crippen molar-refractivity contribution in [2.45, 2.75) is 33.2 Å². The van der Waals surface area contributed by atoms with E-state index in [9.17, 15) is 0 Å². The second-order valence-electron chi connectivity index (χ2n) is 4.27. The molecule has 3 N–H and O–H groups in total. The van der Waals surface area contributed by atoms with Crippen LogP contribution in [0.1, 0.15) is 31.0 Å². The fourth-order valence-electron chi connectivity index (χ4n) is 1.85. The zero-order chi connectivity index (χ0) is 12.1. The van der Waals surface area contributed by atoms with E-state index in [0.717, 1.165) is 24.6 Å². The number of hydrogen-bond acceptors (Lipinski definition) is 4. The number of nitrogens with two attached hydrogens (primary N) is 1. The number of unbranched alkanes of at least 4 members (excludes halogenated alkanes) is 1.